The van der Waals surface area contributed by atoms with Crippen molar-refractivity contribution < 1.29 is 0 Å². The van der Waals surface area contributed by atoms with E-state index in [-0.39, 0.29) is 5.92 Å². The van der Waals surface area contributed by atoms with Gasteiger partial charge in [-0.05, 0) is 35.0 Å². The Morgan fingerprint density at radius 3 is 2.48 bits per heavy atom. The monoisotopic (exact) mass is 368 g/mol. The largest absolute Gasteiger partial charge is 0.373 e. The fourth-order valence-corrected chi connectivity index (χ4v) is 2.42. The van der Waals surface area contributed by atoms with Gasteiger partial charge in [0.1, 0.15) is 17.5 Å². The standard InChI is InChI=1S/C15H18BrClN4/c1-8(2)13-20-14(18-4)9(3)15(21-13)19-11-7-5-6-10(17)12(11)16/h5-8H,1-4H3,(H2,18,19,20,21). The minimum Gasteiger partial charge on any atom is -0.373 e. The second-order valence-electron chi connectivity index (χ2n) is 5.04. The normalized spacial score (nSPS) is 10.8. The molecule has 21 heavy (non-hydrogen) atoms. The van der Waals surface area contributed by atoms with E-state index in [2.05, 4.69) is 50.4 Å². The molecule has 0 aliphatic carbocycles. The Balaban J connectivity index is 2.48. The van der Waals surface area contributed by atoms with Crippen molar-refractivity contribution in [2.75, 3.05) is 17.7 Å². The van der Waals surface area contributed by atoms with Crippen molar-refractivity contribution in [2.24, 2.45) is 0 Å². The van der Waals surface area contributed by atoms with Crippen molar-refractivity contribution in [1.82, 2.24) is 9.97 Å². The highest BCUT2D eigenvalue weighted by atomic mass is 79.9. The topological polar surface area (TPSA) is 49.8 Å². The number of hydrogen-bond donors (Lipinski definition) is 2. The number of rotatable bonds is 4. The number of anilines is 3. The van der Waals surface area contributed by atoms with E-state index in [0.717, 1.165) is 33.2 Å². The number of benzene rings is 1. The quantitative estimate of drug-likeness (QED) is 0.786. The van der Waals surface area contributed by atoms with Crippen LogP contribution in [0, 0.1) is 6.92 Å². The summed E-state index contributed by atoms with van der Waals surface area (Å²) in [6.45, 7) is 6.13. The smallest absolute Gasteiger partial charge is 0.139 e. The summed E-state index contributed by atoms with van der Waals surface area (Å²) in [4.78, 5) is 9.15. The number of halogens is 2. The molecule has 2 N–H and O–H groups in total. The molecule has 0 aliphatic heterocycles. The van der Waals surface area contributed by atoms with Crippen LogP contribution in [-0.4, -0.2) is 17.0 Å². The number of nitrogens with one attached hydrogen (secondary N) is 2. The molecule has 112 valence electrons. The van der Waals surface area contributed by atoms with E-state index in [9.17, 15) is 0 Å². The second-order valence-corrected chi connectivity index (χ2v) is 6.24. The summed E-state index contributed by atoms with van der Waals surface area (Å²) in [7, 11) is 1.86. The summed E-state index contributed by atoms with van der Waals surface area (Å²) in [5.74, 6) is 2.65. The first-order valence-corrected chi connectivity index (χ1v) is 7.88. The molecule has 0 atom stereocenters. The minimum absolute atomic E-state index is 0.251. The molecule has 1 heterocycles. The molecular formula is C15H18BrClN4. The molecule has 1 aromatic carbocycles. The molecule has 0 saturated heterocycles. The van der Waals surface area contributed by atoms with E-state index < -0.39 is 0 Å². The Kier molecular flexibility index (Phi) is 5.06. The fraction of sp³-hybridized carbons (Fsp3) is 0.333. The van der Waals surface area contributed by atoms with Gasteiger partial charge < -0.3 is 10.6 Å². The lowest BCUT2D eigenvalue weighted by Gasteiger charge is -2.16. The summed E-state index contributed by atoms with van der Waals surface area (Å²) in [6.07, 6.45) is 0. The summed E-state index contributed by atoms with van der Waals surface area (Å²) < 4.78 is 0.821. The number of hydrogen-bond acceptors (Lipinski definition) is 4. The van der Waals surface area contributed by atoms with Crippen LogP contribution in [0.25, 0.3) is 0 Å². The van der Waals surface area contributed by atoms with Crippen LogP contribution in [0.15, 0.2) is 22.7 Å². The Bertz CT molecular complexity index is 658. The third kappa shape index (κ3) is 3.47. The van der Waals surface area contributed by atoms with Gasteiger partial charge in [-0.3, -0.25) is 0 Å². The molecule has 6 heteroatoms. The Morgan fingerprint density at radius 1 is 1.19 bits per heavy atom. The highest BCUT2D eigenvalue weighted by molar-refractivity contribution is 9.10. The van der Waals surface area contributed by atoms with E-state index in [0.29, 0.717) is 5.02 Å². The van der Waals surface area contributed by atoms with Crippen molar-refractivity contribution in [3.05, 3.63) is 39.1 Å². The van der Waals surface area contributed by atoms with Gasteiger partial charge in [0.15, 0.2) is 0 Å². The first kappa shape index (κ1) is 16.0. The summed E-state index contributed by atoms with van der Waals surface area (Å²) >= 11 is 9.62. The zero-order valence-corrected chi connectivity index (χ0v) is 14.8. The van der Waals surface area contributed by atoms with E-state index in [1.54, 1.807) is 0 Å². The maximum atomic E-state index is 6.13. The fourth-order valence-electron chi connectivity index (χ4n) is 1.89. The van der Waals surface area contributed by atoms with Gasteiger partial charge in [0.05, 0.1) is 15.2 Å². The van der Waals surface area contributed by atoms with Gasteiger partial charge in [-0.25, -0.2) is 9.97 Å². The minimum atomic E-state index is 0.251. The molecule has 0 saturated carbocycles. The van der Waals surface area contributed by atoms with Crippen LogP contribution >= 0.6 is 27.5 Å². The van der Waals surface area contributed by atoms with Crippen LogP contribution in [0.4, 0.5) is 17.3 Å². The molecule has 0 unspecified atom stereocenters. The molecule has 2 aromatic rings. The van der Waals surface area contributed by atoms with E-state index in [4.69, 9.17) is 11.6 Å². The first-order valence-electron chi connectivity index (χ1n) is 6.71. The zero-order valence-electron chi connectivity index (χ0n) is 12.5. The van der Waals surface area contributed by atoms with E-state index in [1.807, 2.05) is 32.2 Å². The highest BCUT2D eigenvalue weighted by Crippen LogP contribution is 2.33. The Hall–Kier alpha value is -1.33. The maximum Gasteiger partial charge on any atom is 0.139 e. The van der Waals surface area contributed by atoms with E-state index >= 15 is 0 Å². The molecular weight excluding hydrogens is 352 g/mol. The van der Waals surface area contributed by atoms with Gasteiger partial charge >= 0.3 is 0 Å². The van der Waals surface area contributed by atoms with E-state index in [1.165, 1.54) is 0 Å². The molecule has 0 bridgehead atoms. The molecule has 4 nitrogen and oxygen atoms in total. The summed E-state index contributed by atoms with van der Waals surface area (Å²) in [5, 5.41) is 7.10. The van der Waals surface area contributed by atoms with Crippen LogP contribution in [0.3, 0.4) is 0 Å². The van der Waals surface area contributed by atoms with Crippen LogP contribution < -0.4 is 10.6 Å². The predicted molar refractivity (Wildman–Crippen MR) is 92.8 cm³/mol. The maximum absolute atomic E-state index is 6.13. The SMILES string of the molecule is CNc1nc(C(C)C)nc(Nc2cccc(Cl)c2Br)c1C. The van der Waals surface area contributed by atoms with Crippen molar-refractivity contribution in [3.8, 4) is 0 Å². The molecule has 0 aliphatic rings. The van der Waals surface area contributed by atoms with Crippen LogP contribution in [0.5, 0.6) is 0 Å². The third-order valence-corrected chi connectivity index (χ3v) is 4.52. The van der Waals surface area contributed by atoms with Gasteiger partial charge in [-0.1, -0.05) is 31.5 Å². The molecule has 1 aromatic heterocycles. The lowest BCUT2D eigenvalue weighted by atomic mass is 10.2. The Morgan fingerprint density at radius 2 is 1.86 bits per heavy atom. The Labute approximate surface area is 138 Å². The predicted octanol–water partition coefficient (Wildman–Crippen LogP) is 5.11. The second kappa shape index (κ2) is 6.62. The summed E-state index contributed by atoms with van der Waals surface area (Å²) in [6, 6.07) is 5.68. The summed E-state index contributed by atoms with van der Waals surface area (Å²) in [5.41, 5.74) is 1.84. The van der Waals surface area contributed by atoms with Gasteiger partial charge in [0, 0.05) is 18.5 Å². The third-order valence-electron chi connectivity index (χ3n) is 3.12. The molecule has 0 spiro atoms. The highest BCUT2D eigenvalue weighted by Gasteiger charge is 2.14. The van der Waals surface area contributed by atoms with Crippen LogP contribution in [0.1, 0.15) is 31.2 Å². The molecule has 0 fully saturated rings. The van der Waals surface area contributed by atoms with Crippen molar-refractivity contribution in [1.29, 1.82) is 0 Å². The molecule has 0 amide bonds. The average Bonchev–Trinajstić information content (AvgIpc) is 2.45. The number of aromatic nitrogens is 2. The average molecular weight is 370 g/mol. The molecule has 2 rings (SSSR count). The van der Waals surface area contributed by atoms with Crippen LogP contribution in [-0.2, 0) is 0 Å². The van der Waals surface area contributed by atoms with Crippen molar-refractivity contribution >= 4 is 44.9 Å². The zero-order chi connectivity index (χ0) is 15.6. The van der Waals surface area contributed by atoms with Gasteiger partial charge in [0.2, 0.25) is 0 Å². The van der Waals surface area contributed by atoms with Crippen molar-refractivity contribution in [2.45, 2.75) is 26.7 Å². The number of nitrogens with zero attached hydrogens (tertiary/aromatic N) is 2. The van der Waals surface area contributed by atoms with Crippen molar-refractivity contribution in [3.63, 3.8) is 0 Å². The lowest BCUT2D eigenvalue weighted by molar-refractivity contribution is 0.775. The lowest BCUT2D eigenvalue weighted by Crippen LogP contribution is -2.08. The van der Waals surface area contributed by atoms with Gasteiger partial charge in [0.25, 0.3) is 0 Å². The van der Waals surface area contributed by atoms with Gasteiger partial charge in [-0.15, -0.1) is 0 Å². The van der Waals surface area contributed by atoms with Gasteiger partial charge in [-0.2, -0.15) is 0 Å². The molecule has 0 radical (unpaired) electrons. The first-order chi connectivity index (χ1) is 9.93. The van der Waals surface area contributed by atoms with Crippen LogP contribution in [0.2, 0.25) is 5.02 Å².